The minimum absolute atomic E-state index is 0.181. The van der Waals surface area contributed by atoms with E-state index >= 15 is 0 Å². The molecule has 29 heavy (non-hydrogen) atoms. The van der Waals surface area contributed by atoms with E-state index in [1.54, 1.807) is 24.3 Å². The first-order valence-electron chi connectivity index (χ1n) is 9.17. The number of carbonyl (C=O) groups is 1. The summed E-state index contributed by atoms with van der Waals surface area (Å²) < 4.78 is 32.5. The van der Waals surface area contributed by atoms with Crippen LogP contribution in [0.4, 0.5) is 0 Å². The predicted octanol–water partition coefficient (Wildman–Crippen LogP) is 1.84. The number of hydroxylamine groups is 1. The van der Waals surface area contributed by atoms with E-state index in [2.05, 4.69) is 0 Å². The van der Waals surface area contributed by atoms with Crippen LogP contribution in [0, 0.1) is 6.92 Å². The fourth-order valence-corrected chi connectivity index (χ4v) is 4.34. The van der Waals surface area contributed by atoms with Gasteiger partial charge in [0, 0.05) is 13.1 Å². The summed E-state index contributed by atoms with van der Waals surface area (Å²) in [7, 11) is -3.51. The molecule has 1 amide bonds. The lowest BCUT2D eigenvalue weighted by atomic mass is 10.1. The van der Waals surface area contributed by atoms with Crippen molar-refractivity contribution in [3.8, 4) is 5.75 Å². The van der Waals surface area contributed by atoms with E-state index < -0.39 is 16.1 Å². The third kappa shape index (κ3) is 6.53. The fourth-order valence-electron chi connectivity index (χ4n) is 2.87. The zero-order valence-corrected chi connectivity index (χ0v) is 17.0. The van der Waals surface area contributed by atoms with Gasteiger partial charge in [-0.3, -0.25) is 10.0 Å². The molecule has 0 spiro atoms. The van der Waals surface area contributed by atoms with Crippen LogP contribution in [-0.2, 0) is 21.4 Å². The van der Waals surface area contributed by atoms with Crippen LogP contribution >= 0.6 is 0 Å². The molecule has 0 radical (unpaired) electrons. The van der Waals surface area contributed by atoms with Gasteiger partial charge in [-0.05, 0) is 55.2 Å². The van der Waals surface area contributed by atoms with E-state index in [1.807, 2.05) is 31.2 Å². The smallest absolute Gasteiger partial charge is 0.243 e. The molecule has 3 N–H and O–H groups in total. The molecule has 0 aliphatic carbocycles. The number of sulfonamides is 1. The average molecular weight is 423 g/mol. The second-order valence-electron chi connectivity index (χ2n) is 6.57. The molecule has 1 heterocycles. The van der Waals surface area contributed by atoms with Crippen molar-refractivity contribution in [1.29, 1.82) is 0 Å². The SMILES string of the molecule is Cc1ccccc1COc1ccc(S(=O)(=O)N2CCC(O)CC2)cc1.O=CNO. The monoisotopic (exact) mass is 422 g/mol. The van der Waals surface area contributed by atoms with Gasteiger partial charge in [-0.25, -0.2) is 13.9 Å². The molecular formula is C20H26N2O6S. The summed E-state index contributed by atoms with van der Waals surface area (Å²) in [5, 5.41) is 16.8. The van der Waals surface area contributed by atoms with Gasteiger partial charge in [0.05, 0.1) is 11.0 Å². The molecule has 0 aromatic heterocycles. The zero-order chi connectivity index (χ0) is 21.3. The number of rotatable bonds is 6. The standard InChI is InChI=1S/C19H23NO4S.CH3NO2/c1-15-4-2-3-5-16(15)14-24-18-6-8-19(9-7-18)25(22,23)20-12-10-17(21)11-13-20;3-1-2-4/h2-9,17,21H,10-14H2,1H3;1,4H,(H,2,3). The molecule has 2 aromatic carbocycles. The Bertz CT molecular complexity index is 878. The number of ether oxygens (including phenoxy) is 1. The molecule has 158 valence electrons. The summed E-state index contributed by atoms with van der Waals surface area (Å²) in [6, 6.07) is 14.5. The van der Waals surface area contributed by atoms with Crippen LogP contribution in [0.5, 0.6) is 5.75 Å². The van der Waals surface area contributed by atoms with Crippen LogP contribution in [0.2, 0.25) is 0 Å². The van der Waals surface area contributed by atoms with Crippen molar-refractivity contribution in [1.82, 2.24) is 9.79 Å². The topological polar surface area (TPSA) is 116 Å². The van der Waals surface area contributed by atoms with Crippen molar-refractivity contribution in [2.75, 3.05) is 13.1 Å². The van der Waals surface area contributed by atoms with Gasteiger partial charge in [0.1, 0.15) is 12.4 Å². The Labute approximate surface area is 170 Å². The maximum atomic E-state index is 12.6. The Morgan fingerprint density at radius 2 is 1.72 bits per heavy atom. The molecule has 8 nitrogen and oxygen atoms in total. The first kappa shape index (κ1) is 22.8. The van der Waals surface area contributed by atoms with Gasteiger partial charge in [-0.1, -0.05) is 24.3 Å². The highest BCUT2D eigenvalue weighted by Gasteiger charge is 2.28. The maximum Gasteiger partial charge on any atom is 0.243 e. The molecular weight excluding hydrogens is 396 g/mol. The number of carbonyl (C=O) groups excluding carboxylic acids is 1. The van der Waals surface area contributed by atoms with E-state index in [4.69, 9.17) is 14.7 Å². The highest BCUT2D eigenvalue weighted by Crippen LogP contribution is 2.23. The Kier molecular flexibility index (Phi) is 8.59. The summed E-state index contributed by atoms with van der Waals surface area (Å²) >= 11 is 0. The average Bonchev–Trinajstić information content (AvgIpc) is 2.74. The van der Waals surface area contributed by atoms with E-state index in [1.165, 1.54) is 9.79 Å². The number of aliphatic hydroxyl groups excluding tert-OH is 1. The minimum atomic E-state index is -3.51. The zero-order valence-electron chi connectivity index (χ0n) is 16.2. The Morgan fingerprint density at radius 3 is 2.28 bits per heavy atom. The second kappa shape index (κ2) is 10.9. The number of aryl methyl sites for hydroxylation is 1. The first-order valence-corrected chi connectivity index (χ1v) is 10.6. The molecule has 0 unspecified atom stereocenters. The lowest BCUT2D eigenvalue weighted by Crippen LogP contribution is -2.39. The number of nitrogens with one attached hydrogen (secondary N) is 1. The number of aliphatic hydroxyl groups is 1. The lowest BCUT2D eigenvalue weighted by molar-refractivity contribution is -0.116. The number of piperidine rings is 1. The predicted molar refractivity (Wildman–Crippen MR) is 107 cm³/mol. The van der Waals surface area contributed by atoms with E-state index in [-0.39, 0.29) is 11.3 Å². The van der Waals surface area contributed by atoms with Gasteiger partial charge in [-0.15, -0.1) is 0 Å². The highest BCUT2D eigenvalue weighted by molar-refractivity contribution is 7.89. The lowest BCUT2D eigenvalue weighted by Gasteiger charge is -2.28. The Morgan fingerprint density at radius 1 is 1.14 bits per heavy atom. The molecule has 9 heteroatoms. The molecule has 2 aromatic rings. The van der Waals surface area contributed by atoms with Crippen LogP contribution in [-0.4, -0.2) is 48.6 Å². The van der Waals surface area contributed by atoms with Crippen LogP contribution < -0.4 is 10.2 Å². The second-order valence-corrected chi connectivity index (χ2v) is 8.51. The first-order chi connectivity index (χ1) is 13.9. The van der Waals surface area contributed by atoms with Gasteiger partial charge in [0.25, 0.3) is 0 Å². The Hall–Kier alpha value is -2.46. The van der Waals surface area contributed by atoms with Gasteiger partial charge in [0.15, 0.2) is 0 Å². The summed E-state index contributed by atoms with van der Waals surface area (Å²) in [5.74, 6) is 0.635. The Balaban J connectivity index is 0.000000687. The maximum absolute atomic E-state index is 12.6. The normalized spacial score (nSPS) is 15.1. The van der Waals surface area contributed by atoms with Crippen LogP contribution in [0.3, 0.4) is 0 Å². The van der Waals surface area contributed by atoms with Crippen molar-refractivity contribution in [3.63, 3.8) is 0 Å². The molecule has 1 fully saturated rings. The number of nitrogens with zero attached hydrogens (tertiary/aromatic N) is 1. The third-order valence-electron chi connectivity index (χ3n) is 4.59. The summed E-state index contributed by atoms with van der Waals surface area (Å²) in [6.07, 6.45) is 0.747. The van der Waals surface area contributed by atoms with Gasteiger partial charge >= 0.3 is 0 Å². The van der Waals surface area contributed by atoms with E-state index in [0.717, 1.165) is 11.1 Å². The van der Waals surface area contributed by atoms with Crippen LogP contribution in [0.25, 0.3) is 0 Å². The summed E-state index contributed by atoms with van der Waals surface area (Å²) in [6.45, 7) is 3.19. The minimum Gasteiger partial charge on any atom is -0.489 e. The van der Waals surface area contributed by atoms with Crippen LogP contribution in [0.15, 0.2) is 53.4 Å². The summed E-state index contributed by atoms with van der Waals surface area (Å²) in [4.78, 5) is 9.07. The number of hydrogen-bond acceptors (Lipinski definition) is 6. The van der Waals surface area contributed by atoms with Crippen molar-refractivity contribution in [3.05, 3.63) is 59.7 Å². The molecule has 3 rings (SSSR count). The number of amides is 1. The molecule has 0 bridgehead atoms. The summed E-state index contributed by atoms with van der Waals surface area (Å²) in [5.41, 5.74) is 3.51. The van der Waals surface area contributed by atoms with Gasteiger partial charge in [-0.2, -0.15) is 4.31 Å². The van der Waals surface area contributed by atoms with E-state index in [0.29, 0.717) is 38.3 Å². The van der Waals surface area contributed by atoms with Crippen molar-refractivity contribution >= 4 is 16.4 Å². The molecule has 1 aliphatic rings. The fraction of sp³-hybridized carbons (Fsp3) is 0.350. The number of benzene rings is 2. The van der Waals surface area contributed by atoms with E-state index in [9.17, 15) is 13.5 Å². The number of hydrogen-bond donors (Lipinski definition) is 3. The molecule has 1 saturated heterocycles. The largest absolute Gasteiger partial charge is 0.489 e. The highest BCUT2D eigenvalue weighted by atomic mass is 32.2. The van der Waals surface area contributed by atoms with Gasteiger partial charge in [0.2, 0.25) is 16.4 Å². The van der Waals surface area contributed by atoms with Crippen molar-refractivity contribution < 1.29 is 28.3 Å². The molecule has 0 atom stereocenters. The van der Waals surface area contributed by atoms with Crippen LogP contribution in [0.1, 0.15) is 24.0 Å². The molecule has 1 aliphatic heterocycles. The van der Waals surface area contributed by atoms with Crippen molar-refractivity contribution in [2.24, 2.45) is 0 Å². The quantitative estimate of drug-likeness (QED) is 0.372. The molecule has 0 saturated carbocycles. The van der Waals surface area contributed by atoms with Gasteiger partial charge < -0.3 is 9.84 Å². The van der Waals surface area contributed by atoms with Crippen molar-refractivity contribution in [2.45, 2.75) is 37.4 Å². The third-order valence-corrected chi connectivity index (χ3v) is 6.51.